The van der Waals surface area contributed by atoms with Gasteiger partial charge in [-0.2, -0.15) is 5.10 Å². The second-order valence-corrected chi connectivity index (χ2v) is 6.23. The van der Waals surface area contributed by atoms with E-state index in [1.807, 2.05) is 24.0 Å². The molecule has 5 heteroatoms. The minimum atomic E-state index is 0.144. The molecular weight excluding hydrogens is 252 g/mol. The first-order valence-electron chi connectivity index (χ1n) is 7.71. The van der Waals surface area contributed by atoms with Crippen LogP contribution in [0, 0.1) is 18.8 Å². The zero-order valence-corrected chi connectivity index (χ0v) is 12.1. The highest BCUT2D eigenvalue weighted by Crippen LogP contribution is 2.44. The van der Waals surface area contributed by atoms with Crippen molar-refractivity contribution in [3.8, 4) is 0 Å². The number of aromatic nitrogens is 2. The van der Waals surface area contributed by atoms with E-state index in [0.29, 0.717) is 12.6 Å². The Bertz CT molecular complexity index is 450. The lowest BCUT2D eigenvalue weighted by atomic mass is 10.1. The van der Waals surface area contributed by atoms with E-state index < -0.39 is 0 Å². The lowest BCUT2D eigenvalue weighted by Gasteiger charge is -2.17. The third kappa shape index (κ3) is 3.82. The molecule has 0 bridgehead atoms. The standard InChI is InChI=1S/C15H24N4O/c1-11-8-17-19(10-11)7-6-16-9-14(20)18-15(12-2-3-12)13-4-5-13/h8,10,12-13,15-16H,2-7,9H2,1H3,(H,18,20). The predicted octanol–water partition coefficient (Wildman–Crippen LogP) is 1.09. The van der Waals surface area contributed by atoms with E-state index in [1.165, 1.54) is 31.2 Å². The summed E-state index contributed by atoms with van der Waals surface area (Å²) in [6.45, 7) is 4.01. The van der Waals surface area contributed by atoms with Gasteiger partial charge in [-0.3, -0.25) is 9.48 Å². The first-order chi connectivity index (χ1) is 9.72. The maximum atomic E-state index is 11.9. The fraction of sp³-hybridized carbons (Fsp3) is 0.733. The quantitative estimate of drug-likeness (QED) is 0.699. The molecule has 20 heavy (non-hydrogen) atoms. The van der Waals surface area contributed by atoms with Crippen LogP contribution in [0.25, 0.3) is 0 Å². The Hall–Kier alpha value is -1.36. The molecule has 3 rings (SSSR count). The number of hydrogen-bond donors (Lipinski definition) is 2. The van der Waals surface area contributed by atoms with Gasteiger partial charge in [-0.1, -0.05) is 0 Å². The maximum Gasteiger partial charge on any atom is 0.234 e. The molecule has 2 saturated carbocycles. The summed E-state index contributed by atoms with van der Waals surface area (Å²) in [5, 5.41) is 10.6. The molecule has 0 unspecified atom stereocenters. The molecule has 110 valence electrons. The first kappa shape index (κ1) is 13.6. The highest BCUT2D eigenvalue weighted by molar-refractivity contribution is 5.78. The van der Waals surface area contributed by atoms with E-state index in [0.717, 1.165) is 24.9 Å². The molecule has 1 aromatic rings. The van der Waals surface area contributed by atoms with Crippen molar-refractivity contribution in [1.29, 1.82) is 0 Å². The molecule has 0 atom stereocenters. The first-order valence-corrected chi connectivity index (χ1v) is 7.71. The minimum Gasteiger partial charge on any atom is -0.352 e. The van der Waals surface area contributed by atoms with Gasteiger partial charge in [0.25, 0.3) is 0 Å². The Kier molecular flexibility index (Phi) is 4.05. The van der Waals surface area contributed by atoms with Gasteiger partial charge >= 0.3 is 0 Å². The second kappa shape index (κ2) is 5.95. The maximum absolute atomic E-state index is 11.9. The van der Waals surface area contributed by atoms with Gasteiger partial charge in [0.1, 0.15) is 0 Å². The van der Waals surface area contributed by atoms with Gasteiger partial charge in [0.2, 0.25) is 5.91 Å². The predicted molar refractivity (Wildman–Crippen MR) is 77.2 cm³/mol. The van der Waals surface area contributed by atoms with Crippen LogP contribution in [0.3, 0.4) is 0 Å². The number of carbonyl (C=O) groups excluding carboxylic acids is 1. The van der Waals surface area contributed by atoms with E-state index in [9.17, 15) is 4.79 Å². The van der Waals surface area contributed by atoms with Gasteiger partial charge in [0.05, 0.1) is 19.3 Å². The summed E-state index contributed by atoms with van der Waals surface area (Å²) in [6, 6.07) is 0.457. The van der Waals surface area contributed by atoms with E-state index in [1.54, 1.807) is 0 Å². The number of amides is 1. The second-order valence-electron chi connectivity index (χ2n) is 6.23. The van der Waals surface area contributed by atoms with Crippen LogP contribution in [0.2, 0.25) is 0 Å². The fourth-order valence-corrected chi connectivity index (χ4v) is 2.75. The molecule has 2 aliphatic carbocycles. The van der Waals surface area contributed by atoms with Crippen molar-refractivity contribution in [1.82, 2.24) is 20.4 Å². The summed E-state index contributed by atoms with van der Waals surface area (Å²) >= 11 is 0. The Morgan fingerprint density at radius 3 is 2.65 bits per heavy atom. The van der Waals surface area contributed by atoms with E-state index in [2.05, 4.69) is 15.7 Å². The number of carbonyl (C=O) groups is 1. The SMILES string of the molecule is Cc1cnn(CCNCC(=O)NC(C2CC2)C2CC2)c1. The largest absolute Gasteiger partial charge is 0.352 e. The molecule has 1 heterocycles. The topological polar surface area (TPSA) is 59.0 Å². The van der Waals surface area contributed by atoms with Crippen molar-refractivity contribution < 1.29 is 4.79 Å². The molecule has 0 spiro atoms. The lowest BCUT2D eigenvalue weighted by molar-refractivity contribution is -0.121. The Balaban J connectivity index is 1.32. The van der Waals surface area contributed by atoms with Crippen molar-refractivity contribution in [2.75, 3.05) is 13.1 Å². The monoisotopic (exact) mass is 276 g/mol. The van der Waals surface area contributed by atoms with Gasteiger partial charge in [-0.25, -0.2) is 0 Å². The minimum absolute atomic E-state index is 0.144. The van der Waals surface area contributed by atoms with Gasteiger partial charge < -0.3 is 10.6 Å². The number of nitrogens with one attached hydrogen (secondary N) is 2. The van der Waals surface area contributed by atoms with Crippen LogP contribution in [-0.4, -0.2) is 34.8 Å². The van der Waals surface area contributed by atoms with Crippen LogP contribution < -0.4 is 10.6 Å². The zero-order valence-electron chi connectivity index (χ0n) is 12.1. The van der Waals surface area contributed by atoms with E-state index in [4.69, 9.17) is 0 Å². The summed E-state index contributed by atoms with van der Waals surface area (Å²) < 4.78 is 1.90. The van der Waals surface area contributed by atoms with Crippen molar-refractivity contribution >= 4 is 5.91 Å². The molecule has 5 nitrogen and oxygen atoms in total. The van der Waals surface area contributed by atoms with Gasteiger partial charge in [-0.05, 0) is 50.0 Å². The molecule has 0 radical (unpaired) electrons. The van der Waals surface area contributed by atoms with Crippen molar-refractivity contribution in [2.24, 2.45) is 11.8 Å². The van der Waals surface area contributed by atoms with Crippen LogP contribution >= 0.6 is 0 Å². The highest BCUT2D eigenvalue weighted by atomic mass is 16.2. The van der Waals surface area contributed by atoms with Gasteiger partial charge in [0, 0.05) is 18.8 Å². The Labute approximate surface area is 120 Å². The number of aryl methyl sites for hydroxylation is 1. The van der Waals surface area contributed by atoms with Crippen LogP contribution in [-0.2, 0) is 11.3 Å². The normalized spacial score (nSPS) is 18.5. The number of rotatable bonds is 8. The molecule has 2 aliphatic rings. The molecule has 0 aromatic carbocycles. The Morgan fingerprint density at radius 1 is 1.40 bits per heavy atom. The molecular formula is C15H24N4O. The summed E-state index contributed by atoms with van der Waals surface area (Å²) in [4.78, 5) is 11.9. The van der Waals surface area contributed by atoms with Crippen molar-refractivity contribution in [2.45, 2.75) is 45.2 Å². The molecule has 0 saturated heterocycles. The highest BCUT2D eigenvalue weighted by Gasteiger charge is 2.42. The average molecular weight is 276 g/mol. The molecule has 1 amide bonds. The van der Waals surface area contributed by atoms with Crippen LogP contribution in [0.1, 0.15) is 31.2 Å². The third-order valence-corrected chi connectivity index (χ3v) is 4.15. The summed E-state index contributed by atoms with van der Waals surface area (Å²) in [5.74, 6) is 1.67. The van der Waals surface area contributed by atoms with Gasteiger partial charge in [-0.15, -0.1) is 0 Å². The van der Waals surface area contributed by atoms with E-state index in [-0.39, 0.29) is 5.91 Å². The third-order valence-electron chi connectivity index (χ3n) is 4.15. The van der Waals surface area contributed by atoms with Crippen molar-refractivity contribution in [3.63, 3.8) is 0 Å². The molecule has 2 fully saturated rings. The molecule has 2 N–H and O–H groups in total. The average Bonchev–Trinajstić information content (AvgIpc) is 3.32. The summed E-state index contributed by atoms with van der Waals surface area (Å²) in [6.07, 6.45) is 9.06. The van der Waals surface area contributed by atoms with Crippen molar-refractivity contribution in [3.05, 3.63) is 18.0 Å². The summed E-state index contributed by atoms with van der Waals surface area (Å²) in [7, 11) is 0. The van der Waals surface area contributed by atoms with Crippen LogP contribution in [0.15, 0.2) is 12.4 Å². The molecule has 0 aliphatic heterocycles. The number of nitrogens with zero attached hydrogens (tertiary/aromatic N) is 2. The lowest BCUT2D eigenvalue weighted by Crippen LogP contribution is -2.43. The van der Waals surface area contributed by atoms with Crippen LogP contribution in [0.5, 0.6) is 0 Å². The fourth-order valence-electron chi connectivity index (χ4n) is 2.75. The molecule has 1 aromatic heterocycles. The van der Waals surface area contributed by atoms with Gasteiger partial charge in [0.15, 0.2) is 0 Å². The number of hydrogen-bond acceptors (Lipinski definition) is 3. The smallest absolute Gasteiger partial charge is 0.234 e. The zero-order chi connectivity index (χ0) is 13.9. The summed E-state index contributed by atoms with van der Waals surface area (Å²) in [5.41, 5.74) is 1.17. The van der Waals surface area contributed by atoms with Crippen LogP contribution in [0.4, 0.5) is 0 Å². The van der Waals surface area contributed by atoms with E-state index >= 15 is 0 Å². The Morgan fingerprint density at radius 2 is 2.10 bits per heavy atom.